The smallest absolute Gasteiger partial charge is 0.319 e. The molecule has 0 aliphatic heterocycles. The second kappa shape index (κ2) is 6.17. The lowest BCUT2D eigenvalue weighted by atomic mass is 10.2. The van der Waals surface area contributed by atoms with Gasteiger partial charge >= 0.3 is 6.03 Å². The third-order valence-electron chi connectivity index (χ3n) is 2.08. The van der Waals surface area contributed by atoms with Crippen molar-refractivity contribution in [3.63, 3.8) is 0 Å². The van der Waals surface area contributed by atoms with Crippen LogP contribution in [0.15, 0.2) is 18.2 Å². The monoisotopic (exact) mass is 242 g/mol. The van der Waals surface area contributed by atoms with Gasteiger partial charge in [-0.05, 0) is 24.6 Å². The van der Waals surface area contributed by atoms with Crippen molar-refractivity contribution in [2.24, 2.45) is 0 Å². The van der Waals surface area contributed by atoms with Crippen molar-refractivity contribution < 1.29 is 19.4 Å². The molecule has 0 aliphatic rings. The Balaban J connectivity index is 2.53. The van der Waals surface area contributed by atoms with Crippen LogP contribution in [0, 0.1) is 12.7 Å². The minimum absolute atomic E-state index is 0.0704. The maximum Gasteiger partial charge on any atom is 0.319 e. The first-order valence-corrected chi connectivity index (χ1v) is 5.13. The number of aliphatic hydroxyl groups is 2. The van der Waals surface area contributed by atoms with Gasteiger partial charge in [-0.25, -0.2) is 9.18 Å². The Bertz CT molecular complexity index is 398. The predicted molar refractivity (Wildman–Crippen MR) is 61.3 cm³/mol. The summed E-state index contributed by atoms with van der Waals surface area (Å²) >= 11 is 0. The van der Waals surface area contributed by atoms with E-state index in [1.165, 1.54) is 12.1 Å². The number of benzene rings is 1. The molecule has 2 amide bonds. The Morgan fingerprint density at radius 2 is 2.24 bits per heavy atom. The lowest BCUT2D eigenvalue weighted by molar-refractivity contribution is 0.0965. The number of urea groups is 1. The summed E-state index contributed by atoms with van der Waals surface area (Å²) < 4.78 is 13.3. The highest BCUT2D eigenvalue weighted by molar-refractivity contribution is 5.89. The highest BCUT2D eigenvalue weighted by Crippen LogP contribution is 2.15. The largest absolute Gasteiger partial charge is 0.394 e. The summed E-state index contributed by atoms with van der Waals surface area (Å²) in [5.41, 5.74) is 0.887. The lowest BCUT2D eigenvalue weighted by Crippen LogP contribution is -2.36. The first kappa shape index (κ1) is 13.4. The minimum Gasteiger partial charge on any atom is -0.394 e. The zero-order valence-corrected chi connectivity index (χ0v) is 9.40. The van der Waals surface area contributed by atoms with Gasteiger partial charge in [0.25, 0.3) is 0 Å². The second-order valence-corrected chi connectivity index (χ2v) is 3.65. The number of amides is 2. The molecule has 0 bridgehead atoms. The van der Waals surface area contributed by atoms with E-state index in [1.54, 1.807) is 13.0 Å². The van der Waals surface area contributed by atoms with E-state index in [0.717, 1.165) is 5.56 Å². The molecule has 0 saturated carbocycles. The molecule has 0 spiro atoms. The molecule has 1 atom stereocenters. The van der Waals surface area contributed by atoms with Gasteiger partial charge in [0.15, 0.2) is 0 Å². The summed E-state index contributed by atoms with van der Waals surface area (Å²) in [6.07, 6.45) is -1.02. The van der Waals surface area contributed by atoms with Crippen LogP contribution in [-0.4, -0.2) is 35.5 Å². The van der Waals surface area contributed by atoms with E-state index in [2.05, 4.69) is 10.6 Å². The molecule has 1 aromatic carbocycles. The normalized spacial score (nSPS) is 12.0. The van der Waals surface area contributed by atoms with E-state index in [0.29, 0.717) is 0 Å². The van der Waals surface area contributed by atoms with Gasteiger partial charge in [0.1, 0.15) is 5.82 Å². The number of hydrogen-bond donors (Lipinski definition) is 4. The fourth-order valence-corrected chi connectivity index (χ4v) is 1.18. The van der Waals surface area contributed by atoms with Crippen LogP contribution in [-0.2, 0) is 0 Å². The number of hydrogen-bond acceptors (Lipinski definition) is 3. The molecule has 0 heterocycles. The van der Waals surface area contributed by atoms with Crippen LogP contribution in [0.4, 0.5) is 14.9 Å². The molecule has 1 aromatic rings. The van der Waals surface area contributed by atoms with Crippen LogP contribution in [0.2, 0.25) is 0 Å². The van der Waals surface area contributed by atoms with Crippen molar-refractivity contribution in [1.29, 1.82) is 0 Å². The fraction of sp³-hybridized carbons (Fsp3) is 0.364. The summed E-state index contributed by atoms with van der Waals surface area (Å²) in [6.45, 7) is 1.23. The van der Waals surface area contributed by atoms with Crippen molar-refractivity contribution in [1.82, 2.24) is 5.32 Å². The van der Waals surface area contributed by atoms with E-state index in [1.807, 2.05) is 0 Å². The molecule has 0 radical (unpaired) electrons. The van der Waals surface area contributed by atoms with Crippen molar-refractivity contribution in [2.45, 2.75) is 13.0 Å². The Morgan fingerprint density at radius 1 is 1.53 bits per heavy atom. The predicted octanol–water partition coefficient (Wildman–Crippen LogP) is 0.609. The van der Waals surface area contributed by atoms with E-state index in [4.69, 9.17) is 10.2 Å². The van der Waals surface area contributed by atoms with Gasteiger partial charge in [-0.2, -0.15) is 0 Å². The first-order chi connectivity index (χ1) is 8.02. The second-order valence-electron chi connectivity index (χ2n) is 3.65. The van der Waals surface area contributed by atoms with Crippen molar-refractivity contribution in [3.05, 3.63) is 29.6 Å². The molecule has 1 unspecified atom stereocenters. The molecule has 6 heteroatoms. The van der Waals surface area contributed by atoms with E-state index in [9.17, 15) is 9.18 Å². The molecule has 0 aliphatic carbocycles. The van der Waals surface area contributed by atoms with Crippen LogP contribution in [0.3, 0.4) is 0 Å². The van der Waals surface area contributed by atoms with Crippen LogP contribution < -0.4 is 10.6 Å². The molecule has 1 rings (SSSR count). The van der Waals surface area contributed by atoms with Gasteiger partial charge in [-0.15, -0.1) is 0 Å². The molecular weight excluding hydrogens is 227 g/mol. The van der Waals surface area contributed by atoms with Crippen LogP contribution in [0.25, 0.3) is 0 Å². The van der Waals surface area contributed by atoms with E-state index in [-0.39, 0.29) is 12.2 Å². The topological polar surface area (TPSA) is 81.6 Å². The Kier molecular flexibility index (Phi) is 4.86. The molecule has 17 heavy (non-hydrogen) atoms. The molecule has 0 aromatic heterocycles. The zero-order valence-electron chi connectivity index (χ0n) is 9.40. The summed E-state index contributed by atoms with van der Waals surface area (Å²) in [6, 6.07) is 3.71. The van der Waals surface area contributed by atoms with Gasteiger partial charge in [0.2, 0.25) is 0 Å². The number of nitrogens with one attached hydrogen (secondary N) is 2. The fourth-order valence-electron chi connectivity index (χ4n) is 1.18. The summed E-state index contributed by atoms with van der Waals surface area (Å²) in [5, 5.41) is 22.2. The molecule has 94 valence electrons. The number of aliphatic hydroxyl groups excluding tert-OH is 2. The van der Waals surface area contributed by atoms with E-state index >= 15 is 0 Å². The lowest BCUT2D eigenvalue weighted by Gasteiger charge is -2.11. The third kappa shape index (κ3) is 4.38. The maximum absolute atomic E-state index is 13.3. The summed E-state index contributed by atoms with van der Waals surface area (Å²) in [7, 11) is 0. The molecule has 0 saturated heterocycles. The Morgan fingerprint density at radius 3 is 2.88 bits per heavy atom. The maximum atomic E-state index is 13.3. The van der Waals surface area contributed by atoms with Gasteiger partial charge in [-0.3, -0.25) is 0 Å². The molecule has 4 N–H and O–H groups in total. The SMILES string of the molecule is Cc1ccc(F)c(NC(=O)NCC(O)CO)c1. The van der Waals surface area contributed by atoms with Gasteiger partial charge in [0.05, 0.1) is 18.4 Å². The number of carbonyl (C=O) groups is 1. The van der Waals surface area contributed by atoms with Crippen molar-refractivity contribution >= 4 is 11.7 Å². The summed E-state index contributed by atoms with van der Waals surface area (Å²) in [4.78, 5) is 11.3. The average Bonchev–Trinajstić information content (AvgIpc) is 2.30. The summed E-state index contributed by atoms with van der Waals surface area (Å²) in [5.74, 6) is -0.534. The van der Waals surface area contributed by atoms with Crippen LogP contribution in [0.5, 0.6) is 0 Å². The van der Waals surface area contributed by atoms with Crippen molar-refractivity contribution in [2.75, 3.05) is 18.5 Å². The number of halogens is 1. The Hall–Kier alpha value is -1.66. The number of aryl methyl sites for hydroxylation is 1. The number of anilines is 1. The zero-order chi connectivity index (χ0) is 12.8. The number of rotatable bonds is 4. The standard InChI is InChI=1S/C11H15FN2O3/c1-7-2-3-9(12)10(4-7)14-11(17)13-5-8(16)6-15/h2-4,8,15-16H,5-6H2,1H3,(H2,13,14,17). The minimum atomic E-state index is -1.02. The highest BCUT2D eigenvalue weighted by Gasteiger charge is 2.08. The Labute approximate surface area is 98.3 Å². The third-order valence-corrected chi connectivity index (χ3v) is 2.08. The molecule has 5 nitrogen and oxygen atoms in total. The number of carbonyl (C=O) groups excluding carboxylic acids is 1. The first-order valence-electron chi connectivity index (χ1n) is 5.13. The highest BCUT2D eigenvalue weighted by atomic mass is 19.1. The molecular formula is C11H15FN2O3. The van der Waals surface area contributed by atoms with Gasteiger partial charge in [0, 0.05) is 6.54 Å². The van der Waals surface area contributed by atoms with Gasteiger partial charge < -0.3 is 20.8 Å². The quantitative estimate of drug-likeness (QED) is 0.624. The van der Waals surface area contributed by atoms with Crippen LogP contribution in [0.1, 0.15) is 5.56 Å². The molecule has 0 fully saturated rings. The average molecular weight is 242 g/mol. The van der Waals surface area contributed by atoms with Gasteiger partial charge in [-0.1, -0.05) is 6.07 Å². The van der Waals surface area contributed by atoms with Crippen LogP contribution >= 0.6 is 0 Å². The van der Waals surface area contributed by atoms with E-state index < -0.39 is 24.6 Å². The van der Waals surface area contributed by atoms with Crippen molar-refractivity contribution in [3.8, 4) is 0 Å².